The highest BCUT2D eigenvalue weighted by Gasteiger charge is 2.22. The second-order valence-corrected chi connectivity index (χ2v) is 8.12. The van der Waals surface area contributed by atoms with Gasteiger partial charge in [0.15, 0.2) is 0 Å². The maximum Gasteiger partial charge on any atom is 0.407 e. The van der Waals surface area contributed by atoms with Crippen LogP contribution in [0.3, 0.4) is 0 Å². The Morgan fingerprint density at radius 3 is 1.84 bits per heavy atom. The molecule has 0 unspecified atom stereocenters. The van der Waals surface area contributed by atoms with Crippen LogP contribution in [0.2, 0.25) is 0 Å². The van der Waals surface area contributed by atoms with Gasteiger partial charge in [-0.05, 0) is 63.7 Å². The van der Waals surface area contributed by atoms with E-state index in [9.17, 15) is 9.59 Å². The number of carboxylic acid groups (broad SMARTS) is 1. The standard InChI is InChI=1S/C27H42N2O3/c1-2-3-4-5-6-7-8-9-10-11-12-13-14-15-16-17-18-19-26(30)28-24-25-20-22-29(23-21-25)27(31)32/h3-4,6-7,9-10,12-13,15-16,25H,2,5,8,11,14,17-24H2,1H3,(H,28,30)(H,31,32). The molecular formula is C27H42N2O3. The zero-order valence-corrected chi connectivity index (χ0v) is 19.8. The molecule has 0 aliphatic carbocycles. The SMILES string of the molecule is CCC=CCC=CCC=CCC=CCC=CCCCC(=O)NCC1CCN(C(=O)O)CC1. The minimum atomic E-state index is -0.845. The number of carbonyl (C=O) groups is 2. The van der Waals surface area contributed by atoms with Crippen LogP contribution in [0.1, 0.15) is 71.1 Å². The second-order valence-electron chi connectivity index (χ2n) is 8.12. The van der Waals surface area contributed by atoms with E-state index >= 15 is 0 Å². The van der Waals surface area contributed by atoms with E-state index in [2.05, 4.69) is 73.0 Å². The van der Waals surface area contributed by atoms with Crippen LogP contribution in [0.4, 0.5) is 4.79 Å². The van der Waals surface area contributed by atoms with Crippen molar-refractivity contribution in [2.45, 2.75) is 71.1 Å². The second kappa shape index (κ2) is 19.1. The number of nitrogens with zero attached hydrogens (tertiary/aromatic N) is 1. The Labute approximate surface area is 194 Å². The molecule has 0 radical (unpaired) electrons. The summed E-state index contributed by atoms with van der Waals surface area (Å²) in [7, 11) is 0. The highest BCUT2D eigenvalue weighted by atomic mass is 16.4. The van der Waals surface area contributed by atoms with Crippen molar-refractivity contribution >= 4 is 12.0 Å². The first-order valence-corrected chi connectivity index (χ1v) is 12.1. The van der Waals surface area contributed by atoms with Gasteiger partial charge in [0, 0.05) is 26.1 Å². The Kier molecular flexibility index (Phi) is 16.4. The van der Waals surface area contributed by atoms with Gasteiger partial charge in [0.2, 0.25) is 5.91 Å². The van der Waals surface area contributed by atoms with Gasteiger partial charge >= 0.3 is 6.09 Å². The number of hydrogen-bond acceptors (Lipinski definition) is 2. The number of allylic oxidation sites excluding steroid dienone is 10. The van der Waals surface area contributed by atoms with Gasteiger partial charge in [0.05, 0.1) is 0 Å². The van der Waals surface area contributed by atoms with Gasteiger partial charge in [-0.15, -0.1) is 0 Å². The minimum absolute atomic E-state index is 0.0954. The molecule has 1 fully saturated rings. The van der Waals surface area contributed by atoms with Crippen LogP contribution in [-0.2, 0) is 4.79 Å². The van der Waals surface area contributed by atoms with Crippen LogP contribution in [-0.4, -0.2) is 41.6 Å². The molecular weight excluding hydrogens is 400 g/mol. The molecule has 0 spiro atoms. The number of rotatable bonds is 15. The summed E-state index contributed by atoms with van der Waals surface area (Å²) in [5.41, 5.74) is 0. The molecule has 2 amide bonds. The monoisotopic (exact) mass is 442 g/mol. The third-order valence-electron chi connectivity index (χ3n) is 5.41. The van der Waals surface area contributed by atoms with Crippen molar-refractivity contribution < 1.29 is 14.7 Å². The number of nitrogens with one attached hydrogen (secondary N) is 1. The summed E-state index contributed by atoms with van der Waals surface area (Å²) in [5, 5.41) is 12.0. The molecule has 2 N–H and O–H groups in total. The first-order chi connectivity index (χ1) is 15.6. The van der Waals surface area contributed by atoms with Crippen LogP contribution in [0, 0.1) is 5.92 Å². The fourth-order valence-corrected chi connectivity index (χ4v) is 3.42. The maximum absolute atomic E-state index is 12.0. The molecule has 0 saturated carbocycles. The Hall–Kier alpha value is -2.56. The molecule has 1 aliphatic heterocycles. The number of piperidine rings is 1. The molecule has 0 aromatic carbocycles. The Morgan fingerprint density at radius 2 is 1.34 bits per heavy atom. The zero-order chi connectivity index (χ0) is 23.3. The smallest absolute Gasteiger partial charge is 0.407 e. The van der Waals surface area contributed by atoms with Crippen molar-refractivity contribution in [2.75, 3.05) is 19.6 Å². The number of hydrogen-bond donors (Lipinski definition) is 2. The third kappa shape index (κ3) is 15.3. The largest absolute Gasteiger partial charge is 0.465 e. The highest BCUT2D eigenvalue weighted by Crippen LogP contribution is 2.16. The van der Waals surface area contributed by atoms with Crippen molar-refractivity contribution in [2.24, 2.45) is 5.92 Å². The van der Waals surface area contributed by atoms with Crippen molar-refractivity contribution in [3.63, 3.8) is 0 Å². The van der Waals surface area contributed by atoms with E-state index in [1.54, 1.807) is 0 Å². The molecule has 178 valence electrons. The number of unbranched alkanes of at least 4 members (excludes halogenated alkanes) is 1. The average Bonchev–Trinajstić information content (AvgIpc) is 2.80. The third-order valence-corrected chi connectivity index (χ3v) is 5.41. The van der Waals surface area contributed by atoms with E-state index in [0.717, 1.165) is 57.8 Å². The normalized spacial score (nSPS) is 15.8. The Morgan fingerprint density at radius 1 is 0.844 bits per heavy atom. The molecule has 32 heavy (non-hydrogen) atoms. The Balaban J connectivity index is 1.95. The summed E-state index contributed by atoms with van der Waals surface area (Å²) in [5.74, 6) is 0.485. The predicted octanol–water partition coefficient (Wildman–Crippen LogP) is 6.41. The van der Waals surface area contributed by atoms with Crippen LogP contribution < -0.4 is 5.32 Å². The van der Waals surface area contributed by atoms with E-state index in [0.29, 0.717) is 32.0 Å². The molecule has 0 bridgehead atoms. The zero-order valence-electron chi connectivity index (χ0n) is 19.8. The van der Waals surface area contributed by atoms with Crippen molar-refractivity contribution in [3.8, 4) is 0 Å². The first kappa shape index (κ1) is 27.5. The van der Waals surface area contributed by atoms with Gasteiger partial charge in [0.1, 0.15) is 0 Å². The van der Waals surface area contributed by atoms with E-state index < -0.39 is 6.09 Å². The lowest BCUT2D eigenvalue weighted by Gasteiger charge is -2.29. The molecule has 5 heteroatoms. The predicted molar refractivity (Wildman–Crippen MR) is 134 cm³/mol. The molecule has 5 nitrogen and oxygen atoms in total. The molecule has 0 aromatic heterocycles. The van der Waals surface area contributed by atoms with Gasteiger partial charge < -0.3 is 15.3 Å². The van der Waals surface area contributed by atoms with E-state index in [1.165, 1.54) is 4.90 Å². The van der Waals surface area contributed by atoms with Gasteiger partial charge in [0.25, 0.3) is 0 Å². The number of likely N-dealkylation sites (tertiary alicyclic amines) is 1. The molecule has 1 saturated heterocycles. The first-order valence-electron chi connectivity index (χ1n) is 12.1. The Bertz CT molecular complexity index is 654. The molecule has 0 atom stereocenters. The molecule has 1 aliphatic rings. The average molecular weight is 443 g/mol. The molecule has 1 rings (SSSR count). The van der Waals surface area contributed by atoms with E-state index in [-0.39, 0.29) is 5.91 Å². The maximum atomic E-state index is 12.0. The lowest BCUT2D eigenvalue weighted by atomic mass is 9.97. The van der Waals surface area contributed by atoms with Crippen molar-refractivity contribution in [1.29, 1.82) is 0 Å². The van der Waals surface area contributed by atoms with Crippen LogP contribution in [0.5, 0.6) is 0 Å². The van der Waals surface area contributed by atoms with Gasteiger partial charge in [-0.2, -0.15) is 0 Å². The van der Waals surface area contributed by atoms with Crippen LogP contribution >= 0.6 is 0 Å². The van der Waals surface area contributed by atoms with E-state index in [1.807, 2.05) is 0 Å². The van der Waals surface area contributed by atoms with Crippen molar-refractivity contribution in [3.05, 3.63) is 60.8 Å². The minimum Gasteiger partial charge on any atom is -0.465 e. The summed E-state index contributed by atoms with van der Waals surface area (Å²) in [6, 6.07) is 0. The molecule has 0 aromatic rings. The van der Waals surface area contributed by atoms with Crippen LogP contribution in [0.25, 0.3) is 0 Å². The number of carbonyl (C=O) groups excluding carboxylic acids is 1. The van der Waals surface area contributed by atoms with Crippen LogP contribution in [0.15, 0.2) is 60.8 Å². The van der Waals surface area contributed by atoms with Gasteiger partial charge in [-0.1, -0.05) is 67.7 Å². The lowest BCUT2D eigenvalue weighted by Crippen LogP contribution is -2.40. The molecule has 1 heterocycles. The van der Waals surface area contributed by atoms with E-state index in [4.69, 9.17) is 5.11 Å². The fraction of sp³-hybridized carbons (Fsp3) is 0.556. The summed E-state index contributed by atoms with van der Waals surface area (Å²) in [6.45, 7) is 3.95. The fourth-order valence-electron chi connectivity index (χ4n) is 3.42. The summed E-state index contributed by atoms with van der Waals surface area (Å²) in [6.07, 6.45) is 30.0. The summed E-state index contributed by atoms with van der Waals surface area (Å²) < 4.78 is 0. The topological polar surface area (TPSA) is 69.6 Å². The summed E-state index contributed by atoms with van der Waals surface area (Å²) in [4.78, 5) is 24.3. The summed E-state index contributed by atoms with van der Waals surface area (Å²) >= 11 is 0. The lowest BCUT2D eigenvalue weighted by molar-refractivity contribution is -0.121. The quantitative estimate of drug-likeness (QED) is 0.227. The van der Waals surface area contributed by atoms with Crippen molar-refractivity contribution in [1.82, 2.24) is 10.2 Å². The highest BCUT2D eigenvalue weighted by molar-refractivity contribution is 5.75. The van der Waals surface area contributed by atoms with Gasteiger partial charge in [-0.25, -0.2) is 4.79 Å². The number of amides is 2. The van der Waals surface area contributed by atoms with Gasteiger partial charge in [-0.3, -0.25) is 4.79 Å².